The van der Waals surface area contributed by atoms with Gasteiger partial charge >= 0.3 is 0 Å². The molecule has 1 aliphatic carbocycles. The highest BCUT2D eigenvalue weighted by molar-refractivity contribution is 5.67. The van der Waals surface area contributed by atoms with Crippen molar-refractivity contribution in [1.82, 2.24) is 19.7 Å². The van der Waals surface area contributed by atoms with Crippen LogP contribution >= 0.6 is 0 Å². The molecule has 2 aromatic heterocycles. The lowest BCUT2D eigenvalue weighted by Gasteiger charge is -2.05. The fourth-order valence-corrected chi connectivity index (χ4v) is 1.66. The second-order valence-electron chi connectivity index (χ2n) is 3.73. The van der Waals surface area contributed by atoms with E-state index in [-0.39, 0.29) is 0 Å². The molecule has 5 heteroatoms. The van der Waals surface area contributed by atoms with Crippen LogP contribution in [0.2, 0.25) is 0 Å². The average Bonchev–Trinajstić information content (AvgIpc) is 2.98. The first kappa shape index (κ1) is 8.40. The summed E-state index contributed by atoms with van der Waals surface area (Å²) in [5.74, 6) is 1.33. The minimum absolute atomic E-state index is 0.507. The first-order chi connectivity index (χ1) is 7.36. The van der Waals surface area contributed by atoms with Crippen molar-refractivity contribution in [2.75, 3.05) is 5.73 Å². The van der Waals surface area contributed by atoms with Crippen molar-refractivity contribution in [2.45, 2.75) is 18.9 Å². The molecule has 0 saturated heterocycles. The highest BCUT2D eigenvalue weighted by Crippen LogP contribution is 2.38. The third kappa shape index (κ3) is 1.36. The normalized spacial score (nSPS) is 15.5. The minimum Gasteiger partial charge on any atom is -0.383 e. The van der Waals surface area contributed by atoms with Crippen LogP contribution in [-0.4, -0.2) is 19.7 Å². The Morgan fingerprint density at radius 3 is 3.00 bits per heavy atom. The van der Waals surface area contributed by atoms with Crippen LogP contribution in [0.5, 0.6) is 0 Å². The van der Waals surface area contributed by atoms with Gasteiger partial charge in [-0.2, -0.15) is 0 Å². The maximum absolute atomic E-state index is 5.81. The molecule has 76 valence electrons. The largest absolute Gasteiger partial charge is 0.383 e. The Morgan fingerprint density at radius 1 is 1.40 bits per heavy atom. The summed E-state index contributed by atoms with van der Waals surface area (Å²) < 4.78 is 2.08. The van der Waals surface area contributed by atoms with Crippen LogP contribution in [0.4, 0.5) is 5.82 Å². The second-order valence-corrected chi connectivity index (χ2v) is 3.73. The van der Waals surface area contributed by atoms with E-state index in [1.807, 2.05) is 12.1 Å². The van der Waals surface area contributed by atoms with Crippen molar-refractivity contribution in [3.05, 3.63) is 24.7 Å². The van der Waals surface area contributed by atoms with Crippen LogP contribution in [0, 0.1) is 0 Å². The second kappa shape index (κ2) is 3.05. The number of aromatic nitrogens is 4. The lowest BCUT2D eigenvalue weighted by Crippen LogP contribution is -2.00. The number of hydrogen-bond acceptors (Lipinski definition) is 4. The van der Waals surface area contributed by atoms with E-state index < -0.39 is 0 Å². The van der Waals surface area contributed by atoms with E-state index in [0.717, 1.165) is 11.4 Å². The van der Waals surface area contributed by atoms with Crippen molar-refractivity contribution < 1.29 is 0 Å². The van der Waals surface area contributed by atoms with Gasteiger partial charge in [-0.15, -0.1) is 10.2 Å². The predicted molar refractivity (Wildman–Crippen MR) is 55.9 cm³/mol. The summed E-state index contributed by atoms with van der Waals surface area (Å²) in [6.45, 7) is 0. The Hall–Kier alpha value is -1.91. The van der Waals surface area contributed by atoms with Gasteiger partial charge < -0.3 is 10.3 Å². The summed E-state index contributed by atoms with van der Waals surface area (Å²) in [6.07, 6.45) is 5.84. The highest BCUT2D eigenvalue weighted by atomic mass is 15.3. The van der Waals surface area contributed by atoms with E-state index >= 15 is 0 Å². The topological polar surface area (TPSA) is 69.6 Å². The van der Waals surface area contributed by atoms with Gasteiger partial charge in [-0.25, -0.2) is 4.98 Å². The first-order valence-corrected chi connectivity index (χ1v) is 4.96. The standard InChI is InChI=1S/C10H11N5/c11-9-8(2-1-5-12-9)10-14-13-6-15(10)7-3-4-7/h1-2,5-7H,3-4H2,(H2,11,12). The number of anilines is 1. The van der Waals surface area contributed by atoms with Gasteiger partial charge in [0, 0.05) is 12.2 Å². The summed E-state index contributed by atoms with van der Waals surface area (Å²) in [7, 11) is 0. The Labute approximate surface area is 87.0 Å². The molecule has 2 N–H and O–H groups in total. The van der Waals surface area contributed by atoms with E-state index in [9.17, 15) is 0 Å². The van der Waals surface area contributed by atoms with Gasteiger partial charge in [0.2, 0.25) is 0 Å². The zero-order valence-corrected chi connectivity index (χ0v) is 8.17. The zero-order valence-electron chi connectivity index (χ0n) is 8.17. The Balaban J connectivity index is 2.12. The van der Waals surface area contributed by atoms with Crippen molar-refractivity contribution in [3.8, 4) is 11.4 Å². The number of nitrogen functional groups attached to an aromatic ring is 1. The van der Waals surface area contributed by atoms with Crippen molar-refractivity contribution >= 4 is 5.82 Å². The van der Waals surface area contributed by atoms with Crippen LogP contribution in [-0.2, 0) is 0 Å². The molecule has 5 nitrogen and oxygen atoms in total. The Kier molecular flexibility index (Phi) is 1.71. The number of nitrogens with two attached hydrogens (primary N) is 1. The van der Waals surface area contributed by atoms with Crippen LogP contribution in [0.25, 0.3) is 11.4 Å². The summed E-state index contributed by atoms with van der Waals surface area (Å²) in [6, 6.07) is 4.33. The Morgan fingerprint density at radius 2 is 2.27 bits per heavy atom. The van der Waals surface area contributed by atoms with Crippen molar-refractivity contribution in [1.29, 1.82) is 0 Å². The molecule has 0 amide bonds. The molecule has 0 radical (unpaired) electrons. The van der Waals surface area contributed by atoms with Gasteiger partial charge in [0.05, 0.1) is 5.56 Å². The van der Waals surface area contributed by atoms with Crippen molar-refractivity contribution in [2.24, 2.45) is 0 Å². The smallest absolute Gasteiger partial charge is 0.167 e. The maximum Gasteiger partial charge on any atom is 0.167 e. The van der Waals surface area contributed by atoms with Gasteiger partial charge in [-0.3, -0.25) is 0 Å². The quantitative estimate of drug-likeness (QED) is 0.794. The summed E-state index contributed by atoms with van der Waals surface area (Å²) in [4.78, 5) is 4.05. The molecule has 0 bridgehead atoms. The SMILES string of the molecule is Nc1ncccc1-c1nncn1C1CC1. The number of nitrogens with zero attached hydrogens (tertiary/aromatic N) is 4. The zero-order chi connectivity index (χ0) is 10.3. The number of pyridine rings is 1. The maximum atomic E-state index is 5.81. The van der Waals surface area contributed by atoms with Crippen LogP contribution in [0.15, 0.2) is 24.7 Å². The molecule has 2 heterocycles. The molecular weight excluding hydrogens is 190 g/mol. The molecule has 0 spiro atoms. The molecule has 2 aromatic rings. The van der Waals surface area contributed by atoms with Crippen LogP contribution in [0.1, 0.15) is 18.9 Å². The minimum atomic E-state index is 0.507. The molecule has 0 aromatic carbocycles. The number of rotatable bonds is 2. The average molecular weight is 201 g/mol. The van der Waals surface area contributed by atoms with E-state index in [1.165, 1.54) is 12.8 Å². The third-order valence-corrected chi connectivity index (χ3v) is 2.59. The Bertz CT molecular complexity index is 486. The van der Waals surface area contributed by atoms with Crippen molar-refractivity contribution in [3.63, 3.8) is 0 Å². The third-order valence-electron chi connectivity index (χ3n) is 2.59. The van der Waals surface area contributed by atoms with E-state index in [1.54, 1.807) is 12.5 Å². The van der Waals surface area contributed by atoms with Crippen LogP contribution in [0.3, 0.4) is 0 Å². The van der Waals surface area contributed by atoms with Gasteiger partial charge in [-0.1, -0.05) is 0 Å². The molecule has 3 rings (SSSR count). The first-order valence-electron chi connectivity index (χ1n) is 4.96. The monoisotopic (exact) mass is 201 g/mol. The fraction of sp³-hybridized carbons (Fsp3) is 0.300. The fourth-order valence-electron chi connectivity index (χ4n) is 1.66. The van der Waals surface area contributed by atoms with E-state index in [2.05, 4.69) is 19.7 Å². The number of hydrogen-bond donors (Lipinski definition) is 1. The van der Waals surface area contributed by atoms with E-state index in [0.29, 0.717) is 11.9 Å². The predicted octanol–water partition coefficient (Wildman–Crippen LogP) is 1.26. The molecule has 0 atom stereocenters. The van der Waals surface area contributed by atoms with Gasteiger partial charge in [0.25, 0.3) is 0 Å². The molecule has 0 unspecified atom stereocenters. The molecule has 1 saturated carbocycles. The highest BCUT2D eigenvalue weighted by Gasteiger charge is 2.27. The van der Waals surface area contributed by atoms with Gasteiger partial charge in [0.15, 0.2) is 5.82 Å². The molecule has 15 heavy (non-hydrogen) atoms. The van der Waals surface area contributed by atoms with Crippen LogP contribution < -0.4 is 5.73 Å². The summed E-state index contributed by atoms with van der Waals surface area (Å²) in [5.41, 5.74) is 6.67. The molecular formula is C10H11N5. The van der Waals surface area contributed by atoms with Gasteiger partial charge in [-0.05, 0) is 25.0 Å². The summed E-state index contributed by atoms with van der Waals surface area (Å²) >= 11 is 0. The summed E-state index contributed by atoms with van der Waals surface area (Å²) in [5, 5.41) is 8.03. The lowest BCUT2D eigenvalue weighted by molar-refractivity contribution is 0.746. The van der Waals surface area contributed by atoms with Gasteiger partial charge in [0.1, 0.15) is 12.1 Å². The van der Waals surface area contributed by atoms with E-state index in [4.69, 9.17) is 5.73 Å². The lowest BCUT2D eigenvalue weighted by atomic mass is 10.2. The molecule has 0 aliphatic heterocycles. The molecule has 1 fully saturated rings. The molecule has 1 aliphatic rings.